The molecule has 0 atom stereocenters. The molecule has 0 heterocycles. The molecular formula is H4B2O6. The van der Waals surface area contributed by atoms with Gasteiger partial charge in [-0.1, -0.05) is 0 Å². The standard InChI is InChI=1S/B2H4O6/c3-1(4)7-8-2(5)6/h3-6H. The molecule has 0 bridgehead atoms. The summed E-state index contributed by atoms with van der Waals surface area (Å²) in [6.45, 7) is 0. The molecule has 0 amide bonds. The first-order chi connectivity index (χ1) is 3.63. The molecule has 6 nitrogen and oxygen atoms in total. The summed E-state index contributed by atoms with van der Waals surface area (Å²) in [6, 6.07) is 0. The van der Waals surface area contributed by atoms with Crippen LogP contribution in [0.4, 0.5) is 0 Å². The fourth-order valence-electron chi connectivity index (χ4n) is 0.0994. The van der Waals surface area contributed by atoms with Crippen molar-refractivity contribution in [3.8, 4) is 0 Å². The van der Waals surface area contributed by atoms with Crippen molar-refractivity contribution in [1.29, 1.82) is 0 Å². The van der Waals surface area contributed by atoms with E-state index in [1.54, 1.807) is 0 Å². The van der Waals surface area contributed by atoms with Gasteiger partial charge in [0.1, 0.15) is 0 Å². The van der Waals surface area contributed by atoms with Crippen LogP contribution in [-0.2, 0) is 9.61 Å². The van der Waals surface area contributed by atoms with Gasteiger partial charge >= 0.3 is 14.6 Å². The van der Waals surface area contributed by atoms with Crippen LogP contribution in [0.1, 0.15) is 0 Å². The molecule has 8 heavy (non-hydrogen) atoms. The predicted octanol–water partition coefficient (Wildman–Crippen LogP) is -3.13. The Kier molecular flexibility index (Phi) is 3.79. The maximum Gasteiger partial charge on any atom is 0.661 e. The second kappa shape index (κ2) is 3.84. The van der Waals surface area contributed by atoms with Crippen molar-refractivity contribution in [1.82, 2.24) is 0 Å². The van der Waals surface area contributed by atoms with Crippen molar-refractivity contribution < 1.29 is 29.7 Å². The van der Waals surface area contributed by atoms with Gasteiger partial charge in [-0.15, -0.1) is 0 Å². The molecular weight excluding hydrogens is 118 g/mol. The topological polar surface area (TPSA) is 99.4 Å². The van der Waals surface area contributed by atoms with Gasteiger partial charge in [0, 0.05) is 0 Å². The van der Waals surface area contributed by atoms with Crippen LogP contribution in [-0.4, -0.2) is 34.7 Å². The van der Waals surface area contributed by atoms with Crippen molar-refractivity contribution in [3.05, 3.63) is 0 Å². The Morgan fingerprint density at radius 2 is 1.00 bits per heavy atom. The van der Waals surface area contributed by atoms with Gasteiger partial charge in [-0.05, 0) is 0 Å². The normalized spacial score (nSPS) is 9.00. The fourth-order valence-corrected chi connectivity index (χ4v) is 0.0994. The quantitative estimate of drug-likeness (QED) is 0.179. The summed E-state index contributed by atoms with van der Waals surface area (Å²) in [5.74, 6) is 0. The number of hydrogen-bond donors (Lipinski definition) is 4. The lowest BCUT2D eigenvalue weighted by molar-refractivity contribution is -0.170. The third kappa shape index (κ3) is 5.89. The molecule has 0 unspecified atom stereocenters. The molecule has 8 heteroatoms. The Labute approximate surface area is 45.6 Å². The zero-order chi connectivity index (χ0) is 6.57. The molecule has 0 aromatic rings. The lowest BCUT2D eigenvalue weighted by Gasteiger charge is -1.97. The van der Waals surface area contributed by atoms with Crippen LogP contribution in [0.5, 0.6) is 0 Å². The van der Waals surface area contributed by atoms with E-state index in [2.05, 4.69) is 9.61 Å². The molecule has 0 aliphatic rings. The van der Waals surface area contributed by atoms with Crippen molar-refractivity contribution >= 4 is 14.6 Å². The first-order valence-electron chi connectivity index (χ1n) is 1.67. The molecule has 0 radical (unpaired) electrons. The van der Waals surface area contributed by atoms with E-state index in [0.29, 0.717) is 0 Å². The molecule has 0 saturated carbocycles. The molecule has 0 aliphatic carbocycles. The fraction of sp³-hybridized carbons (Fsp3) is 0. The average Bonchev–Trinajstić information content (AvgIpc) is 1.61. The van der Waals surface area contributed by atoms with Gasteiger partial charge in [0.15, 0.2) is 0 Å². The Balaban J connectivity index is 2.93. The smallest absolute Gasteiger partial charge is 0.400 e. The lowest BCUT2D eigenvalue weighted by Crippen LogP contribution is -2.25. The van der Waals surface area contributed by atoms with Crippen molar-refractivity contribution in [2.24, 2.45) is 0 Å². The Morgan fingerprint density at radius 1 is 0.750 bits per heavy atom. The minimum absolute atomic E-state index is 2.16. The van der Waals surface area contributed by atoms with Crippen molar-refractivity contribution in [3.63, 3.8) is 0 Å². The summed E-state index contributed by atoms with van der Waals surface area (Å²) >= 11 is 0. The molecule has 0 saturated heterocycles. The van der Waals surface area contributed by atoms with Gasteiger partial charge in [0.05, 0.1) is 0 Å². The SMILES string of the molecule is OB(O)OOB(O)O. The molecule has 0 spiro atoms. The summed E-state index contributed by atoms with van der Waals surface area (Å²) in [5.41, 5.74) is 0. The molecule has 0 rings (SSSR count). The summed E-state index contributed by atoms with van der Waals surface area (Å²) in [7, 11) is -4.31. The Bertz CT molecular complexity index is 42.5. The van der Waals surface area contributed by atoms with Gasteiger partial charge in [-0.25, -0.2) is 9.61 Å². The van der Waals surface area contributed by atoms with Crippen LogP contribution in [0.2, 0.25) is 0 Å². The summed E-state index contributed by atoms with van der Waals surface area (Å²) in [6.07, 6.45) is 0. The van der Waals surface area contributed by atoms with Crippen LogP contribution in [0.15, 0.2) is 0 Å². The van der Waals surface area contributed by atoms with Crippen LogP contribution in [0, 0.1) is 0 Å². The average molecular weight is 122 g/mol. The van der Waals surface area contributed by atoms with E-state index in [1.165, 1.54) is 0 Å². The molecule has 46 valence electrons. The van der Waals surface area contributed by atoms with Gasteiger partial charge in [0.25, 0.3) is 0 Å². The van der Waals surface area contributed by atoms with E-state index in [1.807, 2.05) is 0 Å². The number of hydrogen-bond acceptors (Lipinski definition) is 6. The highest BCUT2D eigenvalue weighted by molar-refractivity contribution is 6.35. The van der Waals surface area contributed by atoms with Crippen LogP contribution >= 0.6 is 0 Å². The molecule has 0 aliphatic heterocycles. The first-order valence-corrected chi connectivity index (χ1v) is 1.67. The van der Waals surface area contributed by atoms with E-state index in [9.17, 15) is 0 Å². The van der Waals surface area contributed by atoms with Gasteiger partial charge in [0.2, 0.25) is 0 Å². The van der Waals surface area contributed by atoms with Crippen LogP contribution in [0.25, 0.3) is 0 Å². The lowest BCUT2D eigenvalue weighted by atomic mass is 10.3. The third-order valence-electron chi connectivity index (χ3n) is 0.228. The van der Waals surface area contributed by atoms with E-state index >= 15 is 0 Å². The highest BCUT2D eigenvalue weighted by Crippen LogP contribution is 1.78. The largest absolute Gasteiger partial charge is 0.661 e. The third-order valence-corrected chi connectivity index (χ3v) is 0.228. The van der Waals surface area contributed by atoms with Gasteiger partial charge < -0.3 is 20.1 Å². The highest BCUT2D eigenvalue weighted by atomic mass is 17.2. The summed E-state index contributed by atoms with van der Waals surface area (Å²) in [4.78, 5) is 6.83. The van der Waals surface area contributed by atoms with Crippen LogP contribution < -0.4 is 0 Å². The second-order valence-electron chi connectivity index (χ2n) is 0.845. The molecule has 0 aromatic carbocycles. The first kappa shape index (κ1) is 7.89. The Hall–Kier alpha value is -0.110. The van der Waals surface area contributed by atoms with E-state index in [4.69, 9.17) is 20.1 Å². The second-order valence-corrected chi connectivity index (χ2v) is 0.845. The monoisotopic (exact) mass is 122 g/mol. The Morgan fingerprint density at radius 3 is 1.12 bits per heavy atom. The minimum atomic E-state index is -2.16. The summed E-state index contributed by atoms with van der Waals surface area (Å²) < 4.78 is 0. The summed E-state index contributed by atoms with van der Waals surface area (Å²) in [5, 5.41) is 31.1. The zero-order valence-electron chi connectivity index (χ0n) is 3.76. The van der Waals surface area contributed by atoms with Gasteiger partial charge in [-0.3, -0.25) is 0 Å². The van der Waals surface area contributed by atoms with E-state index in [-0.39, 0.29) is 0 Å². The highest BCUT2D eigenvalue weighted by Gasteiger charge is 2.16. The zero-order valence-corrected chi connectivity index (χ0v) is 3.76. The minimum Gasteiger partial charge on any atom is -0.400 e. The van der Waals surface area contributed by atoms with Crippen molar-refractivity contribution in [2.45, 2.75) is 0 Å². The maximum atomic E-state index is 7.79. The predicted molar refractivity (Wildman–Crippen MR) is 22.6 cm³/mol. The van der Waals surface area contributed by atoms with E-state index < -0.39 is 14.6 Å². The van der Waals surface area contributed by atoms with Crippen molar-refractivity contribution in [2.75, 3.05) is 0 Å². The van der Waals surface area contributed by atoms with E-state index in [0.717, 1.165) is 0 Å². The maximum absolute atomic E-state index is 7.79. The molecule has 0 aromatic heterocycles. The van der Waals surface area contributed by atoms with Gasteiger partial charge in [-0.2, -0.15) is 0 Å². The molecule has 4 N–H and O–H groups in total. The molecule has 0 fully saturated rings. The van der Waals surface area contributed by atoms with Crippen LogP contribution in [0.3, 0.4) is 0 Å². The number of rotatable bonds is 3.